The largest absolute Gasteiger partial charge is 0.305 e. The first-order chi connectivity index (χ1) is 16.0. The number of benzene rings is 3. The molecule has 0 saturated heterocycles. The molecule has 4 heteroatoms. The fraction of sp³-hybridized carbons (Fsp3) is 0.172. The molecule has 1 heterocycles. The maximum Gasteiger partial charge on any atom is 0.129 e. The van der Waals surface area contributed by atoms with Gasteiger partial charge in [-0.25, -0.2) is 4.98 Å². The Kier molecular flexibility index (Phi) is 8.62. The topological polar surface area (TPSA) is 36.7 Å². The van der Waals surface area contributed by atoms with Gasteiger partial charge in [-0.05, 0) is 48.0 Å². The van der Waals surface area contributed by atoms with Crippen molar-refractivity contribution in [3.05, 3.63) is 136 Å². The molecular formula is C29H28BClN2. The highest BCUT2D eigenvalue weighted by Crippen LogP contribution is 2.41. The molecule has 3 aromatic carbocycles. The number of hydrogen-bond acceptors (Lipinski definition) is 2. The monoisotopic (exact) mass is 450 g/mol. The quantitative estimate of drug-likeness (QED) is 0.141. The standard InChI is InChI=1S/C21H20.C8H8BClN2/c1-2-21(18-12-6-3-7-13-18,19-14-8-4-9-15-19)20-16-10-5-11-17-20;1-5-2-8(10)12-4-6(5)7(11)3-9/h3-17H,2H2,1H3;2,4,11H,3H2,1H3. The van der Waals surface area contributed by atoms with Gasteiger partial charge in [-0.15, -0.1) is 0 Å². The van der Waals surface area contributed by atoms with Crippen LogP contribution in [0, 0.1) is 12.3 Å². The van der Waals surface area contributed by atoms with Crippen LogP contribution in [0.4, 0.5) is 0 Å². The van der Waals surface area contributed by atoms with E-state index in [0.717, 1.165) is 17.5 Å². The van der Waals surface area contributed by atoms with E-state index in [-0.39, 0.29) is 11.7 Å². The fourth-order valence-corrected chi connectivity index (χ4v) is 4.44. The molecule has 1 aromatic heterocycles. The van der Waals surface area contributed by atoms with Crippen molar-refractivity contribution in [2.45, 2.75) is 32.0 Å². The van der Waals surface area contributed by atoms with Gasteiger partial charge in [-0.2, -0.15) is 0 Å². The van der Waals surface area contributed by atoms with E-state index in [1.165, 1.54) is 16.7 Å². The normalized spacial score (nSPS) is 10.8. The molecule has 0 unspecified atom stereocenters. The molecule has 0 spiro atoms. The summed E-state index contributed by atoms with van der Waals surface area (Å²) in [5.41, 5.74) is 6.06. The number of rotatable bonds is 6. The molecule has 0 aliphatic rings. The van der Waals surface area contributed by atoms with Gasteiger partial charge in [0, 0.05) is 22.9 Å². The van der Waals surface area contributed by atoms with Crippen LogP contribution in [0.2, 0.25) is 11.5 Å². The second-order valence-electron chi connectivity index (χ2n) is 7.86. The highest BCUT2D eigenvalue weighted by Gasteiger charge is 2.33. The Hall–Kier alpha value is -3.17. The SMILES string of the molecule is CCC(c1ccccc1)(c1ccccc1)c1ccccc1.[B]CC(=N)c1cnc(Cl)cc1C. The average Bonchev–Trinajstić information content (AvgIpc) is 2.87. The van der Waals surface area contributed by atoms with Crippen LogP contribution >= 0.6 is 11.6 Å². The molecule has 1 N–H and O–H groups in total. The van der Waals surface area contributed by atoms with E-state index in [4.69, 9.17) is 24.9 Å². The van der Waals surface area contributed by atoms with Gasteiger partial charge in [0.25, 0.3) is 0 Å². The predicted molar refractivity (Wildman–Crippen MR) is 141 cm³/mol. The molecule has 2 nitrogen and oxygen atoms in total. The van der Waals surface area contributed by atoms with Gasteiger partial charge in [0.1, 0.15) is 5.15 Å². The summed E-state index contributed by atoms with van der Waals surface area (Å²) >= 11 is 5.65. The summed E-state index contributed by atoms with van der Waals surface area (Å²) in [6, 6.07) is 34.2. The number of hydrogen-bond donors (Lipinski definition) is 1. The van der Waals surface area contributed by atoms with Crippen molar-refractivity contribution in [2.24, 2.45) is 0 Å². The Morgan fingerprint density at radius 1 is 0.848 bits per heavy atom. The first kappa shape index (κ1) is 24.5. The second-order valence-corrected chi connectivity index (χ2v) is 8.25. The molecule has 33 heavy (non-hydrogen) atoms. The van der Waals surface area contributed by atoms with Crippen molar-refractivity contribution in [2.75, 3.05) is 0 Å². The van der Waals surface area contributed by atoms with E-state index in [1.54, 1.807) is 12.3 Å². The lowest BCUT2D eigenvalue weighted by atomic mass is 9.68. The Morgan fingerprint density at radius 3 is 1.61 bits per heavy atom. The lowest BCUT2D eigenvalue weighted by Crippen LogP contribution is -2.28. The van der Waals surface area contributed by atoms with E-state index in [9.17, 15) is 0 Å². The first-order valence-corrected chi connectivity index (χ1v) is 11.5. The van der Waals surface area contributed by atoms with Crippen molar-refractivity contribution in [3.8, 4) is 0 Å². The summed E-state index contributed by atoms with van der Waals surface area (Å²) in [7, 11) is 5.33. The maximum absolute atomic E-state index is 7.48. The van der Waals surface area contributed by atoms with Gasteiger partial charge in [0.05, 0.1) is 7.85 Å². The number of nitrogens with zero attached hydrogens (tertiary/aromatic N) is 1. The number of aromatic nitrogens is 1. The molecule has 0 amide bonds. The van der Waals surface area contributed by atoms with Crippen LogP contribution in [-0.2, 0) is 5.41 Å². The maximum atomic E-state index is 7.48. The van der Waals surface area contributed by atoms with Crippen molar-refractivity contribution in [1.82, 2.24) is 4.98 Å². The average molecular weight is 451 g/mol. The molecule has 2 radical (unpaired) electrons. The van der Waals surface area contributed by atoms with Gasteiger partial charge in [0.2, 0.25) is 0 Å². The van der Waals surface area contributed by atoms with Gasteiger partial charge in [-0.1, -0.05) is 110 Å². The Bertz CT molecular complexity index is 1070. The van der Waals surface area contributed by atoms with E-state index < -0.39 is 0 Å². The van der Waals surface area contributed by atoms with Crippen LogP contribution in [0.3, 0.4) is 0 Å². The predicted octanol–water partition coefficient (Wildman–Crippen LogP) is 7.43. The number of aryl methyl sites for hydroxylation is 1. The number of pyridine rings is 1. The Balaban J connectivity index is 0.000000218. The first-order valence-electron chi connectivity index (χ1n) is 11.1. The van der Waals surface area contributed by atoms with Crippen LogP contribution in [0.1, 0.15) is 41.2 Å². The third-order valence-corrected chi connectivity index (χ3v) is 6.14. The van der Waals surface area contributed by atoms with E-state index in [2.05, 4.69) is 103 Å². The summed E-state index contributed by atoms with van der Waals surface area (Å²) in [6.45, 7) is 4.15. The molecule has 0 fully saturated rings. The summed E-state index contributed by atoms with van der Waals surface area (Å²) in [6.07, 6.45) is 2.84. The van der Waals surface area contributed by atoms with Crippen molar-refractivity contribution >= 4 is 25.2 Å². The van der Waals surface area contributed by atoms with Gasteiger partial charge in [-0.3, -0.25) is 0 Å². The molecule has 0 saturated carbocycles. The summed E-state index contributed by atoms with van der Waals surface area (Å²) in [4.78, 5) is 3.88. The summed E-state index contributed by atoms with van der Waals surface area (Å²) in [5, 5.41) is 7.93. The van der Waals surface area contributed by atoms with Gasteiger partial charge < -0.3 is 5.41 Å². The van der Waals surface area contributed by atoms with Crippen LogP contribution < -0.4 is 0 Å². The molecule has 164 valence electrons. The smallest absolute Gasteiger partial charge is 0.129 e. The summed E-state index contributed by atoms with van der Waals surface area (Å²) < 4.78 is 0. The van der Waals surface area contributed by atoms with Crippen LogP contribution in [0.5, 0.6) is 0 Å². The Morgan fingerprint density at radius 2 is 1.27 bits per heavy atom. The second kappa shape index (κ2) is 11.6. The number of halogens is 1. The molecular weight excluding hydrogens is 423 g/mol. The van der Waals surface area contributed by atoms with Crippen LogP contribution in [-0.4, -0.2) is 18.5 Å². The zero-order chi connectivity index (χ0) is 23.7. The highest BCUT2D eigenvalue weighted by atomic mass is 35.5. The number of nitrogens with one attached hydrogen (secondary N) is 1. The lowest BCUT2D eigenvalue weighted by Gasteiger charge is -2.35. The minimum absolute atomic E-state index is 0.0796. The zero-order valence-electron chi connectivity index (χ0n) is 19.1. The molecule has 4 rings (SSSR count). The van der Waals surface area contributed by atoms with Crippen LogP contribution in [0.25, 0.3) is 0 Å². The third kappa shape index (κ3) is 5.61. The van der Waals surface area contributed by atoms with Gasteiger partial charge >= 0.3 is 0 Å². The molecule has 0 aliphatic carbocycles. The van der Waals surface area contributed by atoms with Crippen LogP contribution in [0.15, 0.2) is 103 Å². The third-order valence-electron chi connectivity index (χ3n) is 5.94. The van der Waals surface area contributed by atoms with Crippen molar-refractivity contribution in [1.29, 1.82) is 5.41 Å². The summed E-state index contributed by atoms with van der Waals surface area (Å²) in [5.74, 6) is 0. The molecule has 0 atom stereocenters. The molecule has 0 bridgehead atoms. The molecule has 4 aromatic rings. The zero-order valence-corrected chi connectivity index (χ0v) is 19.9. The van der Waals surface area contributed by atoms with Gasteiger partial charge in [0.15, 0.2) is 0 Å². The molecule has 0 aliphatic heterocycles. The lowest BCUT2D eigenvalue weighted by molar-refractivity contribution is 0.594. The Labute approximate surface area is 203 Å². The van der Waals surface area contributed by atoms with E-state index in [1.807, 2.05) is 6.92 Å². The minimum Gasteiger partial charge on any atom is -0.305 e. The van der Waals surface area contributed by atoms with E-state index >= 15 is 0 Å². The van der Waals surface area contributed by atoms with Crippen molar-refractivity contribution in [3.63, 3.8) is 0 Å². The van der Waals surface area contributed by atoms with Crippen molar-refractivity contribution < 1.29 is 0 Å². The highest BCUT2D eigenvalue weighted by molar-refractivity contribution is 6.29. The van der Waals surface area contributed by atoms with E-state index in [0.29, 0.717) is 10.9 Å². The minimum atomic E-state index is -0.0796. The fourth-order valence-electron chi connectivity index (χ4n) is 4.23.